The third kappa shape index (κ3) is 4.59. The summed E-state index contributed by atoms with van der Waals surface area (Å²) in [5.74, 6) is 2.29. The molecule has 0 unspecified atom stereocenters. The fourth-order valence-electron chi connectivity index (χ4n) is 4.52. The Kier molecular flexibility index (Phi) is 6.42. The second-order valence-electron chi connectivity index (χ2n) is 8.70. The Hall–Kier alpha value is -3.84. The minimum Gasteiger partial charge on any atom is -0.497 e. The van der Waals surface area contributed by atoms with E-state index in [9.17, 15) is 0 Å². The number of ether oxygens (including phenoxy) is 2. The number of benzene rings is 2. The van der Waals surface area contributed by atoms with Crippen LogP contribution in [-0.4, -0.2) is 21.8 Å². The second-order valence-corrected chi connectivity index (χ2v) is 9.09. The molecule has 6 nitrogen and oxygen atoms in total. The van der Waals surface area contributed by atoms with Gasteiger partial charge >= 0.3 is 0 Å². The van der Waals surface area contributed by atoms with E-state index in [2.05, 4.69) is 51.9 Å². The molecule has 35 heavy (non-hydrogen) atoms. The third-order valence-electron chi connectivity index (χ3n) is 6.18. The predicted molar refractivity (Wildman–Crippen MR) is 142 cm³/mol. The number of hydrogen-bond acceptors (Lipinski definition) is 4. The SMILES string of the molecule is COc1ccc(Oc2ccc(N3C(=S)N[C@@H](c4ccccn4)[C@H]3c3cccn3C(C)C)cc2)cc1. The molecular weight excluding hydrogens is 456 g/mol. The Balaban J connectivity index is 1.48. The summed E-state index contributed by atoms with van der Waals surface area (Å²) in [6, 6.07) is 26.0. The summed E-state index contributed by atoms with van der Waals surface area (Å²) >= 11 is 5.86. The second kappa shape index (κ2) is 9.80. The molecule has 2 aromatic carbocycles. The predicted octanol–water partition coefficient (Wildman–Crippen LogP) is 6.44. The Morgan fingerprint density at radius 2 is 1.57 bits per heavy atom. The maximum Gasteiger partial charge on any atom is 0.174 e. The number of anilines is 1. The van der Waals surface area contributed by atoms with Crippen molar-refractivity contribution in [3.8, 4) is 17.2 Å². The first-order valence-corrected chi connectivity index (χ1v) is 12.1. The average molecular weight is 485 g/mol. The summed E-state index contributed by atoms with van der Waals surface area (Å²) in [6.45, 7) is 4.38. The molecule has 7 heteroatoms. The summed E-state index contributed by atoms with van der Waals surface area (Å²) in [5.41, 5.74) is 3.13. The lowest BCUT2D eigenvalue weighted by Crippen LogP contribution is -2.30. The van der Waals surface area contributed by atoms with Crippen molar-refractivity contribution in [3.63, 3.8) is 0 Å². The first-order chi connectivity index (χ1) is 17.0. The maximum absolute atomic E-state index is 6.03. The highest BCUT2D eigenvalue weighted by molar-refractivity contribution is 7.80. The van der Waals surface area contributed by atoms with Crippen molar-refractivity contribution in [3.05, 3.63) is 103 Å². The van der Waals surface area contributed by atoms with Crippen molar-refractivity contribution in [2.75, 3.05) is 12.0 Å². The number of nitrogens with zero attached hydrogens (tertiary/aromatic N) is 3. The zero-order valence-electron chi connectivity index (χ0n) is 20.0. The number of rotatable bonds is 7. The van der Waals surface area contributed by atoms with Gasteiger partial charge in [0.15, 0.2) is 5.11 Å². The van der Waals surface area contributed by atoms with Gasteiger partial charge in [0.25, 0.3) is 0 Å². The zero-order valence-corrected chi connectivity index (χ0v) is 20.8. The van der Waals surface area contributed by atoms with Crippen molar-refractivity contribution < 1.29 is 9.47 Å². The van der Waals surface area contributed by atoms with Gasteiger partial charge < -0.3 is 24.3 Å². The van der Waals surface area contributed by atoms with Crippen LogP contribution in [0, 0.1) is 0 Å². The van der Waals surface area contributed by atoms with Crippen LogP contribution < -0.4 is 19.7 Å². The minimum absolute atomic E-state index is 0.0526. The number of pyridine rings is 1. The summed E-state index contributed by atoms with van der Waals surface area (Å²) in [4.78, 5) is 6.82. The molecular formula is C28H28N4O2S. The molecule has 2 aromatic heterocycles. The van der Waals surface area contributed by atoms with Gasteiger partial charge in [0, 0.05) is 29.8 Å². The fourth-order valence-corrected chi connectivity index (χ4v) is 4.86. The molecule has 0 bridgehead atoms. The summed E-state index contributed by atoms with van der Waals surface area (Å²) < 4.78 is 13.5. The molecule has 0 spiro atoms. The molecule has 2 atom stereocenters. The van der Waals surface area contributed by atoms with Crippen molar-refractivity contribution in [1.82, 2.24) is 14.9 Å². The lowest BCUT2D eigenvalue weighted by atomic mass is 10.0. The highest BCUT2D eigenvalue weighted by atomic mass is 32.1. The van der Waals surface area contributed by atoms with Crippen molar-refractivity contribution in [1.29, 1.82) is 0 Å². The number of hydrogen-bond donors (Lipinski definition) is 1. The van der Waals surface area contributed by atoms with E-state index in [4.69, 9.17) is 21.7 Å². The standard InChI is InChI=1S/C28H28N4O2S/c1-19(2)31-18-6-8-25(31)27-26(24-7-4-5-17-29-24)30-28(35)32(27)20-9-11-22(12-10-20)34-23-15-13-21(33-3)14-16-23/h4-19,26-27H,1-3H3,(H,30,35)/t26-,27+/m0/s1. The van der Waals surface area contributed by atoms with E-state index in [-0.39, 0.29) is 12.1 Å². The Morgan fingerprint density at radius 3 is 2.20 bits per heavy atom. The molecule has 5 rings (SSSR count). The molecule has 1 aliphatic heterocycles. The monoisotopic (exact) mass is 484 g/mol. The number of thiocarbonyl (C=S) groups is 1. The molecule has 1 aliphatic rings. The number of methoxy groups -OCH3 is 1. The van der Waals surface area contributed by atoms with E-state index in [0.29, 0.717) is 11.2 Å². The van der Waals surface area contributed by atoms with Crippen LogP contribution in [0.15, 0.2) is 91.3 Å². The molecule has 0 radical (unpaired) electrons. The molecule has 1 fully saturated rings. The highest BCUT2D eigenvalue weighted by Crippen LogP contribution is 2.42. The molecule has 4 aromatic rings. The van der Waals surface area contributed by atoms with Gasteiger partial charge in [-0.2, -0.15) is 0 Å². The van der Waals surface area contributed by atoms with E-state index in [1.807, 2.05) is 72.9 Å². The summed E-state index contributed by atoms with van der Waals surface area (Å²) in [6.07, 6.45) is 3.95. The van der Waals surface area contributed by atoms with E-state index in [1.165, 1.54) is 5.69 Å². The first kappa shape index (κ1) is 22.9. The average Bonchev–Trinajstić information content (AvgIpc) is 3.50. The van der Waals surface area contributed by atoms with Crippen LogP contribution in [0.25, 0.3) is 0 Å². The zero-order chi connectivity index (χ0) is 24.4. The normalized spacial score (nSPS) is 17.5. The summed E-state index contributed by atoms with van der Waals surface area (Å²) in [7, 11) is 1.65. The smallest absolute Gasteiger partial charge is 0.174 e. The molecule has 178 valence electrons. The van der Waals surface area contributed by atoms with E-state index >= 15 is 0 Å². The van der Waals surface area contributed by atoms with Crippen LogP contribution in [0.4, 0.5) is 5.69 Å². The van der Waals surface area contributed by atoms with E-state index < -0.39 is 0 Å². The Bertz CT molecular complexity index is 1290. The third-order valence-corrected chi connectivity index (χ3v) is 6.49. The molecule has 3 heterocycles. The Labute approximate surface area is 211 Å². The van der Waals surface area contributed by atoms with Gasteiger partial charge in [-0.15, -0.1) is 0 Å². The molecule has 0 amide bonds. The van der Waals surface area contributed by atoms with Gasteiger partial charge in [0.1, 0.15) is 23.3 Å². The van der Waals surface area contributed by atoms with Crippen molar-refractivity contribution >= 4 is 23.0 Å². The maximum atomic E-state index is 6.03. The van der Waals surface area contributed by atoms with Crippen LogP contribution in [0.1, 0.15) is 43.4 Å². The molecule has 1 N–H and O–H groups in total. The quantitative estimate of drug-likeness (QED) is 0.305. The summed E-state index contributed by atoms with van der Waals surface area (Å²) in [5, 5.41) is 4.20. The Morgan fingerprint density at radius 1 is 0.886 bits per heavy atom. The van der Waals surface area contributed by atoms with Crippen LogP contribution in [-0.2, 0) is 0 Å². The van der Waals surface area contributed by atoms with Crippen LogP contribution >= 0.6 is 12.2 Å². The minimum atomic E-state index is -0.0775. The van der Waals surface area contributed by atoms with Gasteiger partial charge in [-0.1, -0.05) is 6.07 Å². The first-order valence-electron chi connectivity index (χ1n) is 11.6. The number of nitrogens with one attached hydrogen (secondary N) is 1. The highest BCUT2D eigenvalue weighted by Gasteiger charge is 2.42. The van der Waals surface area contributed by atoms with Gasteiger partial charge in [0.2, 0.25) is 0 Å². The lowest BCUT2D eigenvalue weighted by molar-refractivity contribution is 0.413. The largest absolute Gasteiger partial charge is 0.497 e. The number of aromatic nitrogens is 2. The van der Waals surface area contributed by atoms with E-state index in [0.717, 1.165) is 28.6 Å². The van der Waals surface area contributed by atoms with Gasteiger partial charge in [0.05, 0.1) is 18.8 Å². The van der Waals surface area contributed by atoms with Gasteiger partial charge in [-0.25, -0.2) is 0 Å². The topological polar surface area (TPSA) is 51.6 Å². The van der Waals surface area contributed by atoms with Crippen molar-refractivity contribution in [2.45, 2.75) is 32.0 Å². The lowest BCUT2D eigenvalue weighted by Gasteiger charge is -2.30. The van der Waals surface area contributed by atoms with E-state index in [1.54, 1.807) is 7.11 Å². The molecule has 0 saturated carbocycles. The van der Waals surface area contributed by atoms with Gasteiger partial charge in [-0.05, 0) is 98.9 Å². The fraction of sp³-hybridized carbons (Fsp3) is 0.214. The van der Waals surface area contributed by atoms with Crippen LogP contribution in [0.3, 0.4) is 0 Å². The molecule has 1 saturated heterocycles. The molecule has 0 aliphatic carbocycles. The van der Waals surface area contributed by atoms with Crippen LogP contribution in [0.2, 0.25) is 0 Å². The van der Waals surface area contributed by atoms with Gasteiger partial charge in [-0.3, -0.25) is 4.98 Å². The van der Waals surface area contributed by atoms with Crippen LogP contribution in [0.5, 0.6) is 17.2 Å². The van der Waals surface area contributed by atoms with Crippen molar-refractivity contribution in [2.24, 2.45) is 0 Å².